The van der Waals surface area contributed by atoms with Crippen molar-refractivity contribution < 1.29 is 74.7 Å². The lowest BCUT2D eigenvalue weighted by molar-refractivity contribution is -0.336. The molecule has 12 atom stereocenters. The maximum absolute atomic E-state index is 10.7. The molecule has 0 saturated carbocycles. The first-order valence-electron chi connectivity index (χ1n) is 13.3. The number of hydrogen-bond acceptors (Lipinski definition) is 15. The lowest BCUT2D eigenvalue weighted by Gasteiger charge is -2.44. The van der Waals surface area contributed by atoms with Crippen LogP contribution in [0.1, 0.15) is 24.2 Å². The predicted octanol–water partition coefficient (Wildman–Crippen LogP) is -1.78. The molecule has 0 spiro atoms. The molecule has 0 radical (unpaired) electrons. The molecule has 0 unspecified atom stereocenters. The van der Waals surface area contributed by atoms with E-state index in [0.29, 0.717) is 5.56 Å². The first-order valence-corrected chi connectivity index (χ1v) is 13.3. The Bertz CT molecular complexity index is 1260. The fourth-order valence-electron chi connectivity index (χ4n) is 5.25. The van der Waals surface area contributed by atoms with Crippen LogP contribution in [0.15, 0.2) is 30.3 Å². The van der Waals surface area contributed by atoms with Gasteiger partial charge in [0.25, 0.3) is 0 Å². The Labute approximate surface area is 238 Å². The van der Waals surface area contributed by atoms with E-state index in [2.05, 4.69) is 0 Å². The fourth-order valence-corrected chi connectivity index (χ4v) is 5.25. The molecule has 3 aliphatic heterocycles. The summed E-state index contributed by atoms with van der Waals surface area (Å²) in [6.45, 7) is 0.960. The number of phenols is 4. The van der Waals surface area contributed by atoms with E-state index in [4.69, 9.17) is 23.7 Å². The van der Waals surface area contributed by atoms with Gasteiger partial charge in [0.1, 0.15) is 66.1 Å². The standard InChI is InChI=1S/C27H34O15/c1-9-19(32)21(34)23(36)26(39-9)38-8-18-20(33)22(35)24(37)27(42-18)41-17-7-12-14(30)5-11(28)6-16(12)40-25(17)10-2-3-13(29)15(31)4-10/h2-6,9,17-37H,7-8H2,1H3/t9-,17-,18+,19-,20+,21+,22-,23+,24+,25+,26+,27+/m0/s1. The number of rotatable bonds is 6. The summed E-state index contributed by atoms with van der Waals surface area (Å²) < 4.78 is 28.7. The lowest BCUT2D eigenvalue weighted by Crippen LogP contribution is -2.61. The van der Waals surface area contributed by atoms with Crippen molar-refractivity contribution in [1.29, 1.82) is 0 Å². The number of hydrogen-bond donors (Lipinski definition) is 10. The molecule has 5 rings (SSSR count). The first kappa shape index (κ1) is 30.5. The first-order chi connectivity index (χ1) is 19.8. The van der Waals surface area contributed by atoms with Gasteiger partial charge < -0.3 is 74.7 Å². The highest BCUT2D eigenvalue weighted by Gasteiger charge is 2.48. The molecule has 0 amide bonds. The van der Waals surface area contributed by atoms with E-state index < -0.39 is 91.7 Å². The van der Waals surface area contributed by atoms with E-state index in [0.717, 1.165) is 6.07 Å². The van der Waals surface area contributed by atoms with Crippen LogP contribution in [-0.2, 0) is 25.4 Å². The summed E-state index contributed by atoms with van der Waals surface area (Å²) in [5.74, 6) is -1.30. The highest BCUT2D eigenvalue weighted by Crippen LogP contribution is 2.44. The normalized spacial score (nSPS) is 38.5. The third kappa shape index (κ3) is 5.80. The average Bonchev–Trinajstić information content (AvgIpc) is 2.95. The van der Waals surface area contributed by atoms with Crippen LogP contribution in [0, 0.1) is 0 Å². The molecule has 2 fully saturated rings. The minimum absolute atomic E-state index is 0.0552. The van der Waals surface area contributed by atoms with Crippen LogP contribution in [0.25, 0.3) is 0 Å². The second-order valence-corrected chi connectivity index (χ2v) is 10.6. The van der Waals surface area contributed by atoms with Gasteiger partial charge in [-0.25, -0.2) is 0 Å². The molecule has 2 saturated heterocycles. The summed E-state index contributed by atoms with van der Waals surface area (Å²) in [6, 6.07) is 6.26. The summed E-state index contributed by atoms with van der Waals surface area (Å²) in [5.41, 5.74) is 0.564. The van der Waals surface area contributed by atoms with Gasteiger partial charge in [-0.2, -0.15) is 0 Å². The van der Waals surface area contributed by atoms with Gasteiger partial charge in [-0.05, 0) is 24.6 Å². The molecule has 10 N–H and O–H groups in total. The van der Waals surface area contributed by atoms with Crippen LogP contribution in [0.3, 0.4) is 0 Å². The van der Waals surface area contributed by atoms with Crippen molar-refractivity contribution in [3.8, 4) is 28.7 Å². The molecular weight excluding hydrogens is 564 g/mol. The number of aliphatic hydroxyl groups excluding tert-OH is 6. The minimum Gasteiger partial charge on any atom is -0.508 e. The van der Waals surface area contributed by atoms with E-state index in [-0.39, 0.29) is 29.2 Å². The Balaban J connectivity index is 1.36. The molecule has 232 valence electrons. The predicted molar refractivity (Wildman–Crippen MR) is 136 cm³/mol. The molecule has 0 bridgehead atoms. The average molecular weight is 599 g/mol. The summed E-state index contributed by atoms with van der Waals surface area (Å²) >= 11 is 0. The minimum atomic E-state index is -1.78. The van der Waals surface area contributed by atoms with Crippen LogP contribution in [0.2, 0.25) is 0 Å². The summed E-state index contributed by atoms with van der Waals surface area (Å²) in [7, 11) is 0. The van der Waals surface area contributed by atoms with E-state index in [1.54, 1.807) is 0 Å². The maximum Gasteiger partial charge on any atom is 0.187 e. The van der Waals surface area contributed by atoms with Crippen LogP contribution >= 0.6 is 0 Å². The molecule has 3 heterocycles. The van der Waals surface area contributed by atoms with E-state index >= 15 is 0 Å². The fraction of sp³-hybridized carbons (Fsp3) is 0.556. The van der Waals surface area contributed by atoms with Crippen molar-refractivity contribution in [3.05, 3.63) is 41.5 Å². The number of phenolic OH excluding ortho intramolecular Hbond substituents is 4. The monoisotopic (exact) mass is 598 g/mol. The third-order valence-corrected chi connectivity index (χ3v) is 7.71. The van der Waals surface area contributed by atoms with Gasteiger partial charge in [0, 0.05) is 24.1 Å². The topological polar surface area (TPSA) is 248 Å². The molecule has 3 aliphatic rings. The van der Waals surface area contributed by atoms with Gasteiger partial charge in [0.2, 0.25) is 0 Å². The maximum atomic E-state index is 10.7. The van der Waals surface area contributed by atoms with Crippen LogP contribution in [0.5, 0.6) is 28.7 Å². The summed E-state index contributed by atoms with van der Waals surface area (Å²) in [6.07, 6.45) is -17.2. The van der Waals surface area contributed by atoms with Crippen molar-refractivity contribution in [2.45, 2.75) is 87.0 Å². The van der Waals surface area contributed by atoms with Crippen molar-refractivity contribution in [2.75, 3.05) is 6.61 Å². The molecule has 0 aromatic heterocycles. The van der Waals surface area contributed by atoms with Crippen molar-refractivity contribution in [1.82, 2.24) is 0 Å². The molecule has 2 aromatic rings. The lowest BCUT2D eigenvalue weighted by atomic mass is 9.93. The Morgan fingerprint density at radius 2 is 1.43 bits per heavy atom. The zero-order chi connectivity index (χ0) is 30.5. The van der Waals surface area contributed by atoms with Gasteiger partial charge in [-0.1, -0.05) is 6.07 Å². The third-order valence-electron chi connectivity index (χ3n) is 7.71. The van der Waals surface area contributed by atoms with Gasteiger partial charge >= 0.3 is 0 Å². The van der Waals surface area contributed by atoms with Gasteiger partial charge in [0.05, 0.1) is 12.7 Å². The zero-order valence-electron chi connectivity index (χ0n) is 22.2. The summed E-state index contributed by atoms with van der Waals surface area (Å²) in [4.78, 5) is 0. The smallest absolute Gasteiger partial charge is 0.187 e. The van der Waals surface area contributed by atoms with E-state index in [1.807, 2.05) is 0 Å². The van der Waals surface area contributed by atoms with Gasteiger partial charge in [-0.15, -0.1) is 0 Å². The molecule has 0 aliphatic carbocycles. The molecule has 15 heteroatoms. The molecule has 42 heavy (non-hydrogen) atoms. The van der Waals surface area contributed by atoms with E-state index in [1.165, 1.54) is 31.2 Å². The van der Waals surface area contributed by atoms with Crippen LogP contribution in [0.4, 0.5) is 0 Å². The highest BCUT2D eigenvalue weighted by atomic mass is 16.7. The number of aromatic hydroxyl groups is 4. The second kappa shape index (κ2) is 12.0. The van der Waals surface area contributed by atoms with Crippen molar-refractivity contribution in [3.63, 3.8) is 0 Å². The van der Waals surface area contributed by atoms with E-state index in [9.17, 15) is 51.1 Å². The Kier molecular flexibility index (Phi) is 8.69. The van der Waals surface area contributed by atoms with Crippen LogP contribution in [-0.4, -0.2) is 125 Å². The van der Waals surface area contributed by atoms with Crippen molar-refractivity contribution in [2.24, 2.45) is 0 Å². The second-order valence-electron chi connectivity index (χ2n) is 10.6. The molecule has 2 aromatic carbocycles. The quantitative estimate of drug-likeness (QED) is 0.165. The van der Waals surface area contributed by atoms with Gasteiger partial charge in [0.15, 0.2) is 30.2 Å². The number of aliphatic hydroxyl groups is 6. The highest BCUT2D eigenvalue weighted by molar-refractivity contribution is 5.52. The van der Waals surface area contributed by atoms with Crippen LogP contribution < -0.4 is 4.74 Å². The number of fused-ring (bicyclic) bond motifs is 1. The number of ether oxygens (including phenoxy) is 5. The molecular formula is C27H34O15. The summed E-state index contributed by atoms with van der Waals surface area (Å²) in [5, 5.41) is 102. The Hall–Kier alpha value is -2.96. The largest absolute Gasteiger partial charge is 0.508 e. The zero-order valence-corrected chi connectivity index (χ0v) is 22.2. The molecule has 15 nitrogen and oxygen atoms in total. The van der Waals surface area contributed by atoms with Crippen molar-refractivity contribution >= 4 is 0 Å². The Morgan fingerprint density at radius 3 is 2.14 bits per heavy atom. The van der Waals surface area contributed by atoms with Gasteiger partial charge in [-0.3, -0.25) is 0 Å². The Morgan fingerprint density at radius 1 is 0.738 bits per heavy atom. The SMILES string of the molecule is C[C@@H]1O[C@@H](OC[C@H]2O[C@@H](O[C@H]3Cc4c(O)cc(O)cc4O[C@@H]3c3ccc(O)c(O)c3)[C@H](O)[C@@H](O)[C@@H]2O)[C@H](O)[C@H](O)[C@H]1O. The number of benzene rings is 2.